The molecular weight excluding hydrogens is 326 g/mol. The minimum Gasteiger partial charge on any atom is -0.309 e. The van der Waals surface area contributed by atoms with Crippen molar-refractivity contribution in [3.63, 3.8) is 0 Å². The molecule has 5 heteroatoms. The Bertz CT molecular complexity index is 534. The summed E-state index contributed by atoms with van der Waals surface area (Å²) < 4.78 is 2.96. The standard InChI is InChI=1S/C14H17BrClN3/c1-3-17-13(14-12(16)9-18-19(14)2)8-10-6-4-5-7-11(10)15/h4-7,9,13,17H,3,8H2,1-2H3. The highest BCUT2D eigenvalue weighted by Crippen LogP contribution is 2.27. The van der Waals surface area contributed by atoms with E-state index in [4.69, 9.17) is 11.6 Å². The average Bonchev–Trinajstić information content (AvgIpc) is 2.71. The summed E-state index contributed by atoms with van der Waals surface area (Å²) in [4.78, 5) is 0. The first-order chi connectivity index (χ1) is 9.13. The molecule has 0 aliphatic heterocycles. The van der Waals surface area contributed by atoms with E-state index >= 15 is 0 Å². The maximum Gasteiger partial charge on any atom is 0.0834 e. The average molecular weight is 343 g/mol. The van der Waals surface area contributed by atoms with Gasteiger partial charge in [-0.1, -0.05) is 52.7 Å². The van der Waals surface area contributed by atoms with Gasteiger partial charge in [-0.3, -0.25) is 4.68 Å². The van der Waals surface area contributed by atoms with E-state index in [1.165, 1.54) is 5.56 Å². The van der Waals surface area contributed by atoms with Crippen LogP contribution in [0.3, 0.4) is 0 Å². The predicted molar refractivity (Wildman–Crippen MR) is 82.5 cm³/mol. The van der Waals surface area contributed by atoms with E-state index < -0.39 is 0 Å². The van der Waals surface area contributed by atoms with Gasteiger partial charge in [-0.25, -0.2) is 0 Å². The van der Waals surface area contributed by atoms with Gasteiger partial charge in [0, 0.05) is 11.5 Å². The van der Waals surface area contributed by atoms with Crippen LogP contribution in [0.2, 0.25) is 5.02 Å². The van der Waals surface area contributed by atoms with Crippen LogP contribution in [0.25, 0.3) is 0 Å². The number of hydrogen-bond donors (Lipinski definition) is 1. The van der Waals surface area contributed by atoms with Crippen molar-refractivity contribution in [3.05, 3.63) is 51.2 Å². The molecule has 1 heterocycles. The Balaban J connectivity index is 2.29. The Morgan fingerprint density at radius 1 is 1.42 bits per heavy atom. The van der Waals surface area contributed by atoms with Crippen LogP contribution in [-0.4, -0.2) is 16.3 Å². The fourth-order valence-corrected chi connectivity index (χ4v) is 2.95. The molecule has 1 aromatic carbocycles. The van der Waals surface area contributed by atoms with Crippen LogP contribution in [0.5, 0.6) is 0 Å². The van der Waals surface area contributed by atoms with Crippen LogP contribution in [-0.2, 0) is 13.5 Å². The number of aryl methyl sites for hydroxylation is 1. The largest absolute Gasteiger partial charge is 0.309 e. The molecule has 19 heavy (non-hydrogen) atoms. The summed E-state index contributed by atoms with van der Waals surface area (Å²) in [5.41, 5.74) is 2.28. The second-order valence-electron chi connectivity index (χ2n) is 4.41. The van der Waals surface area contributed by atoms with Gasteiger partial charge < -0.3 is 5.32 Å². The Morgan fingerprint density at radius 3 is 2.74 bits per heavy atom. The molecule has 2 aromatic rings. The van der Waals surface area contributed by atoms with Crippen LogP contribution in [0.15, 0.2) is 34.9 Å². The monoisotopic (exact) mass is 341 g/mol. The van der Waals surface area contributed by atoms with Gasteiger partial charge in [-0.05, 0) is 24.6 Å². The quantitative estimate of drug-likeness (QED) is 0.897. The number of rotatable bonds is 5. The molecule has 0 aliphatic carbocycles. The fourth-order valence-electron chi connectivity index (χ4n) is 2.21. The minimum atomic E-state index is 0.156. The highest BCUT2D eigenvalue weighted by atomic mass is 79.9. The Labute approximate surface area is 127 Å². The van der Waals surface area contributed by atoms with Crippen molar-refractivity contribution >= 4 is 27.5 Å². The summed E-state index contributed by atoms with van der Waals surface area (Å²) in [5.74, 6) is 0. The van der Waals surface area contributed by atoms with Crippen molar-refractivity contribution in [3.8, 4) is 0 Å². The number of nitrogens with zero attached hydrogens (tertiary/aromatic N) is 2. The zero-order valence-corrected chi connectivity index (χ0v) is 13.4. The van der Waals surface area contributed by atoms with Gasteiger partial charge >= 0.3 is 0 Å². The van der Waals surface area contributed by atoms with E-state index in [-0.39, 0.29) is 6.04 Å². The molecule has 3 nitrogen and oxygen atoms in total. The van der Waals surface area contributed by atoms with Gasteiger partial charge in [0.2, 0.25) is 0 Å². The second-order valence-corrected chi connectivity index (χ2v) is 5.67. The number of halogens is 2. The van der Waals surface area contributed by atoms with Crippen molar-refractivity contribution in [1.82, 2.24) is 15.1 Å². The van der Waals surface area contributed by atoms with Gasteiger partial charge in [0.25, 0.3) is 0 Å². The van der Waals surface area contributed by atoms with Crippen LogP contribution in [0.1, 0.15) is 24.2 Å². The van der Waals surface area contributed by atoms with Crippen LogP contribution < -0.4 is 5.32 Å². The fraction of sp³-hybridized carbons (Fsp3) is 0.357. The number of likely N-dealkylation sites (N-methyl/N-ethyl adjacent to an activating group) is 1. The van der Waals surface area contributed by atoms with Gasteiger partial charge in [0.05, 0.1) is 23.0 Å². The maximum absolute atomic E-state index is 6.25. The lowest BCUT2D eigenvalue weighted by molar-refractivity contribution is 0.507. The molecule has 1 aromatic heterocycles. The number of hydrogen-bond acceptors (Lipinski definition) is 2. The van der Waals surface area contributed by atoms with E-state index in [1.54, 1.807) is 6.20 Å². The zero-order chi connectivity index (χ0) is 13.8. The molecule has 0 spiro atoms. The molecule has 2 rings (SSSR count). The van der Waals surface area contributed by atoms with Crippen molar-refractivity contribution in [2.45, 2.75) is 19.4 Å². The highest BCUT2D eigenvalue weighted by Gasteiger charge is 2.19. The van der Waals surface area contributed by atoms with Crippen LogP contribution >= 0.6 is 27.5 Å². The number of aromatic nitrogens is 2. The lowest BCUT2D eigenvalue weighted by Gasteiger charge is -2.19. The normalized spacial score (nSPS) is 12.6. The molecular formula is C14H17BrClN3. The Kier molecular flexibility index (Phi) is 5.02. The number of benzene rings is 1. The smallest absolute Gasteiger partial charge is 0.0834 e. The maximum atomic E-state index is 6.25. The summed E-state index contributed by atoms with van der Waals surface area (Å²) in [6.45, 7) is 2.98. The summed E-state index contributed by atoms with van der Waals surface area (Å²) in [7, 11) is 1.92. The molecule has 0 bridgehead atoms. The summed E-state index contributed by atoms with van der Waals surface area (Å²) >= 11 is 9.84. The Hall–Kier alpha value is -0.840. The lowest BCUT2D eigenvalue weighted by Crippen LogP contribution is -2.25. The summed E-state index contributed by atoms with van der Waals surface area (Å²) in [5, 5.41) is 8.40. The second kappa shape index (κ2) is 6.55. The molecule has 0 radical (unpaired) electrons. The molecule has 1 atom stereocenters. The van der Waals surface area contributed by atoms with E-state index in [2.05, 4.69) is 45.4 Å². The SMILES string of the molecule is CCNC(Cc1ccccc1Br)c1c(Cl)cnn1C. The van der Waals surface area contributed by atoms with Crippen LogP contribution in [0, 0.1) is 0 Å². The molecule has 102 valence electrons. The number of nitrogens with one attached hydrogen (secondary N) is 1. The van der Waals surface area contributed by atoms with Crippen molar-refractivity contribution in [1.29, 1.82) is 0 Å². The predicted octanol–water partition coefficient (Wildman–Crippen LogP) is 3.73. The molecule has 0 aliphatic rings. The van der Waals surface area contributed by atoms with Gasteiger partial charge in [-0.15, -0.1) is 0 Å². The van der Waals surface area contributed by atoms with Crippen molar-refractivity contribution in [2.24, 2.45) is 7.05 Å². The first-order valence-electron chi connectivity index (χ1n) is 6.27. The van der Waals surface area contributed by atoms with E-state index in [0.717, 1.165) is 23.1 Å². The molecule has 0 saturated heterocycles. The van der Waals surface area contributed by atoms with E-state index in [1.807, 2.05) is 23.9 Å². The first kappa shape index (κ1) is 14.6. The molecule has 0 amide bonds. The minimum absolute atomic E-state index is 0.156. The zero-order valence-electron chi connectivity index (χ0n) is 11.0. The first-order valence-corrected chi connectivity index (χ1v) is 7.44. The molecule has 1 N–H and O–H groups in total. The summed E-state index contributed by atoms with van der Waals surface area (Å²) in [6, 6.07) is 8.41. The van der Waals surface area contributed by atoms with Gasteiger partial charge in [-0.2, -0.15) is 5.10 Å². The third kappa shape index (κ3) is 3.38. The highest BCUT2D eigenvalue weighted by molar-refractivity contribution is 9.10. The van der Waals surface area contributed by atoms with E-state index in [9.17, 15) is 0 Å². The lowest BCUT2D eigenvalue weighted by atomic mass is 10.0. The molecule has 0 fully saturated rings. The molecule has 1 unspecified atom stereocenters. The third-order valence-corrected chi connectivity index (χ3v) is 4.16. The molecule has 0 saturated carbocycles. The third-order valence-electron chi connectivity index (χ3n) is 3.10. The topological polar surface area (TPSA) is 29.9 Å². The summed E-state index contributed by atoms with van der Waals surface area (Å²) in [6.07, 6.45) is 2.57. The van der Waals surface area contributed by atoms with E-state index in [0.29, 0.717) is 5.02 Å². The van der Waals surface area contributed by atoms with Crippen molar-refractivity contribution in [2.75, 3.05) is 6.54 Å². The van der Waals surface area contributed by atoms with Gasteiger partial charge in [0.15, 0.2) is 0 Å². The Morgan fingerprint density at radius 2 is 2.16 bits per heavy atom. The van der Waals surface area contributed by atoms with Crippen LogP contribution in [0.4, 0.5) is 0 Å². The van der Waals surface area contributed by atoms with Gasteiger partial charge in [0.1, 0.15) is 0 Å². The van der Waals surface area contributed by atoms with Crippen molar-refractivity contribution < 1.29 is 0 Å².